The fraction of sp³-hybridized carbons (Fsp3) is 0.0769. The van der Waals surface area contributed by atoms with Crippen molar-refractivity contribution in [2.24, 2.45) is 5.73 Å². The molecule has 0 spiro atoms. The molecule has 2 aromatic heterocycles. The molecule has 3 aromatic rings. The Morgan fingerprint density at radius 2 is 2.17 bits per heavy atom. The standard InChI is InChI=1S/C13H12N4O/c14-7-9-2-1-3-10-12(9)17-13(16-10)8-4-5-15-11(18)6-8/h1-6H,7,14H2,(H,15,18)(H,16,17). The summed E-state index contributed by atoms with van der Waals surface area (Å²) in [6.07, 6.45) is 1.61. The van der Waals surface area contributed by atoms with Crippen LogP contribution in [0.3, 0.4) is 0 Å². The highest BCUT2D eigenvalue weighted by Crippen LogP contribution is 2.21. The van der Waals surface area contributed by atoms with E-state index in [1.165, 1.54) is 6.07 Å². The predicted octanol–water partition coefficient (Wildman–Crippen LogP) is 1.38. The zero-order valence-corrected chi connectivity index (χ0v) is 9.60. The number of nitrogens with two attached hydrogens (primary N) is 1. The average molecular weight is 240 g/mol. The first kappa shape index (κ1) is 10.7. The summed E-state index contributed by atoms with van der Waals surface area (Å²) in [5.41, 5.74) is 9.06. The molecule has 0 amide bonds. The van der Waals surface area contributed by atoms with Crippen molar-refractivity contribution in [1.82, 2.24) is 15.0 Å². The lowest BCUT2D eigenvalue weighted by Gasteiger charge is -1.95. The van der Waals surface area contributed by atoms with Gasteiger partial charge in [-0.3, -0.25) is 4.79 Å². The van der Waals surface area contributed by atoms with Crippen molar-refractivity contribution in [3.63, 3.8) is 0 Å². The van der Waals surface area contributed by atoms with Crippen molar-refractivity contribution in [3.05, 3.63) is 52.4 Å². The number of aromatic amines is 2. The SMILES string of the molecule is NCc1cccc2[nH]c(-c3cc[nH]c(=O)c3)nc12. The van der Waals surface area contributed by atoms with Crippen LogP contribution in [0.2, 0.25) is 0 Å². The van der Waals surface area contributed by atoms with Gasteiger partial charge in [0.2, 0.25) is 5.56 Å². The summed E-state index contributed by atoms with van der Waals surface area (Å²) in [7, 11) is 0. The van der Waals surface area contributed by atoms with E-state index in [9.17, 15) is 4.79 Å². The van der Waals surface area contributed by atoms with Crippen LogP contribution in [0, 0.1) is 0 Å². The quantitative estimate of drug-likeness (QED) is 0.632. The molecule has 90 valence electrons. The summed E-state index contributed by atoms with van der Waals surface area (Å²) in [6.45, 7) is 0.441. The smallest absolute Gasteiger partial charge is 0.248 e. The van der Waals surface area contributed by atoms with Crippen molar-refractivity contribution in [2.75, 3.05) is 0 Å². The molecule has 2 heterocycles. The number of H-pyrrole nitrogens is 2. The number of nitrogens with zero attached hydrogens (tertiary/aromatic N) is 1. The fourth-order valence-corrected chi connectivity index (χ4v) is 1.98. The molecule has 4 N–H and O–H groups in total. The number of para-hydroxylation sites is 1. The Bertz CT molecular complexity index is 757. The van der Waals surface area contributed by atoms with Gasteiger partial charge in [0.15, 0.2) is 0 Å². The van der Waals surface area contributed by atoms with Crippen LogP contribution < -0.4 is 11.3 Å². The van der Waals surface area contributed by atoms with E-state index < -0.39 is 0 Å². The molecule has 0 saturated heterocycles. The van der Waals surface area contributed by atoms with E-state index in [4.69, 9.17) is 5.73 Å². The number of imidazole rings is 1. The van der Waals surface area contributed by atoms with E-state index >= 15 is 0 Å². The number of fused-ring (bicyclic) bond motifs is 1. The van der Waals surface area contributed by atoms with Gasteiger partial charge in [-0.25, -0.2) is 4.98 Å². The lowest BCUT2D eigenvalue weighted by Crippen LogP contribution is -2.02. The predicted molar refractivity (Wildman–Crippen MR) is 70.0 cm³/mol. The minimum absolute atomic E-state index is 0.146. The number of aromatic nitrogens is 3. The normalized spacial score (nSPS) is 10.9. The number of nitrogens with one attached hydrogen (secondary N) is 2. The average Bonchev–Trinajstić information content (AvgIpc) is 2.82. The van der Waals surface area contributed by atoms with Crippen LogP contribution in [0.1, 0.15) is 5.56 Å². The van der Waals surface area contributed by atoms with Crippen LogP contribution in [-0.4, -0.2) is 15.0 Å². The number of rotatable bonds is 2. The second kappa shape index (κ2) is 4.12. The van der Waals surface area contributed by atoms with Crippen LogP contribution in [0.4, 0.5) is 0 Å². The summed E-state index contributed by atoms with van der Waals surface area (Å²) in [6, 6.07) is 9.15. The second-order valence-electron chi connectivity index (χ2n) is 4.04. The maximum Gasteiger partial charge on any atom is 0.248 e. The molecule has 1 aromatic carbocycles. The summed E-state index contributed by atoms with van der Waals surface area (Å²) in [4.78, 5) is 21.6. The van der Waals surface area contributed by atoms with Crippen molar-refractivity contribution >= 4 is 11.0 Å². The Morgan fingerprint density at radius 1 is 1.28 bits per heavy atom. The lowest BCUT2D eigenvalue weighted by atomic mass is 10.2. The van der Waals surface area contributed by atoms with Crippen molar-refractivity contribution in [1.29, 1.82) is 0 Å². The summed E-state index contributed by atoms with van der Waals surface area (Å²) in [5.74, 6) is 0.678. The molecular weight excluding hydrogens is 228 g/mol. The zero-order valence-electron chi connectivity index (χ0n) is 9.60. The highest BCUT2D eigenvalue weighted by Gasteiger charge is 2.08. The summed E-state index contributed by atoms with van der Waals surface area (Å²) >= 11 is 0. The van der Waals surface area contributed by atoms with Gasteiger partial charge in [-0.2, -0.15) is 0 Å². The molecule has 0 aliphatic heterocycles. The van der Waals surface area contributed by atoms with Crippen LogP contribution in [0.5, 0.6) is 0 Å². The maximum absolute atomic E-state index is 11.3. The Hall–Kier alpha value is -2.40. The van der Waals surface area contributed by atoms with E-state index in [0.717, 1.165) is 22.2 Å². The van der Waals surface area contributed by atoms with E-state index in [0.29, 0.717) is 12.4 Å². The third kappa shape index (κ3) is 1.70. The molecule has 0 bridgehead atoms. The number of hydrogen-bond donors (Lipinski definition) is 3. The molecule has 0 aliphatic rings. The van der Waals surface area contributed by atoms with Crippen molar-refractivity contribution in [3.8, 4) is 11.4 Å². The Balaban J connectivity index is 2.22. The molecule has 0 unspecified atom stereocenters. The molecule has 0 aliphatic carbocycles. The van der Waals surface area contributed by atoms with Crippen LogP contribution in [0.25, 0.3) is 22.4 Å². The van der Waals surface area contributed by atoms with Crippen LogP contribution in [-0.2, 0) is 6.54 Å². The highest BCUT2D eigenvalue weighted by molar-refractivity contribution is 5.82. The molecule has 5 nitrogen and oxygen atoms in total. The lowest BCUT2D eigenvalue weighted by molar-refractivity contribution is 1.08. The third-order valence-electron chi connectivity index (χ3n) is 2.86. The summed E-state index contributed by atoms with van der Waals surface area (Å²) < 4.78 is 0. The number of pyridine rings is 1. The maximum atomic E-state index is 11.3. The topological polar surface area (TPSA) is 87.6 Å². The van der Waals surface area contributed by atoms with Gasteiger partial charge in [0, 0.05) is 24.4 Å². The first-order valence-electron chi connectivity index (χ1n) is 5.65. The molecule has 0 saturated carbocycles. The van der Waals surface area contributed by atoms with E-state index in [1.54, 1.807) is 12.3 Å². The van der Waals surface area contributed by atoms with Crippen LogP contribution in [0.15, 0.2) is 41.3 Å². The summed E-state index contributed by atoms with van der Waals surface area (Å²) in [5, 5.41) is 0. The van der Waals surface area contributed by atoms with Gasteiger partial charge < -0.3 is 15.7 Å². The van der Waals surface area contributed by atoms with E-state index in [2.05, 4.69) is 15.0 Å². The van der Waals surface area contributed by atoms with Gasteiger partial charge in [0.25, 0.3) is 0 Å². The molecule has 0 atom stereocenters. The van der Waals surface area contributed by atoms with E-state index in [1.807, 2.05) is 18.2 Å². The van der Waals surface area contributed by atoms with Gasteiger partial charge in [-0.05, 0) is 17.7 Å². The van der Waals surface area contributed by atoms with E-state index in [-0.39, 0.29) is 5.56 Å². The van der Waals surface area contributed by atoms with Gasteiger partial charge in [0.05, 0.1) is 11.0 Å². The van der Waals surface area contributed by atoms with Gasteiger partial charge in [0.1, 0.15) is 5.82 Å². The number of hydrogen-bond acceptors (Lipinski definition) is 3. The monoisotopic (exact) mass is 240 g/mol. The molecule has 18 heavy (non-hydrogen) atoms. The minimum Gasteiger partial charge on any atom is -0.338 e. The molecular formula is C13H12N4O. The largest absolute Gasteiger partial charge is 0.338 e. The first-order valence-corrected chi connectivity index (χ1v) is 5.65. The van der Waals surface area contributed by atoms with Gasteiger partial charge in [-0.1, -0.05) is 12.1 Å². The van der Waals surface area contributed by atoms with Crippen molar-refractivity contribution < 1.29 is 0 Å². The van der Waals surface area contributed by atoms with Gasteiger partial charge >= 0.3 is 0 Å². The fourth-order valence-electron chi connectivity index (χ4n) is 1.98. The Morgan fingerprint density at radius 3 is 2.94 bits per heavy atom. The Labute approximate surface area is 103 Å². The second-order valence-corrected chi connectivity index (χ2v) is 4.04. The zero-order chi connectivity index (χ0) is 12.5. The van der Waals surface area contributed by atoms with Gasteiger partial charge in [-0.15, -0.1) is 0 Å². The molecule has 0 fully saturated rings. The van der Waals surface area contributed by atoms with Crippen LogP contribution >= 0.6 is 0 Å². The first-order chi connectivity index (χ1) is 8.78. The highest BCUT2D eigenvalue weighted by atomic mass is 16.1. The number of benzene rings is 1. The molecule has 3 rings (SSSR count). The minimum atomic E-state index is -0.146. The molecule has 0 radical (unpaired) electrons. The van der Waals surface area contributed by atoms with Crippen molar-refractivity contribution in [2.45, 2.75) is 6.54 Å². The third-order valence-corrected chi connectivity index (χ3v) is 2.86. The Kier molecular flexibility index (Phi) is 2.46. The molecule has 5 heteroatoms.